The molecule has 0 saturated heterocycles. The Labute approximate surface area is 76.7 Å². The van der Waals surface area contributed by atoms with E-state index < -0.39 is 0 Å². The highest BCUT2D eigenvalue weighted by molar-refractivity contribution is 4.84. The van der Waals surface area contributed by atoms with Gasteiger partial charge in [-0.2, -0.15) is 0 Å². The van der Waals surface area contributed by atoms with Gasteiger partial charge in [-0.3, -0.25) is 0 Å². The third kappa shape index (κ3) is 2.78. The highest BCUT2D eigenvalue weighted by Gasteiger charge is 2.29. The summed E-state index contributed by atoms with van der Waals surface area (Å²) >= 11 is 0. The summed E-state index contributed by atoms with van der Waals surface area (Å²) in [6.07, 6.45) is 9.35. The summed E-state index contributed by atoms with van der Waals surface area (Å²) in [4.78, 5) is 0. The van der Waals surface area contributed by atoms with Gasteiger partial charge in [0.05, 0.1) is 0 Å². The van der Waals surface area contributed by atoms with Crippen LogP contribution in [-0.2, 0) is 0 Å². The van der Waals surface area contributed by atoms with Crippen LogP contribution in [0.25, 0.3) is 0 Å². The molecular weight excluding hydrogens is 146 g/mol. The zero-order valence-corrected chi connectivity index (χ0v) is 8.60. The summed E-state index contributed by atoms with van der Waals surface area (Å²) < 4.78 is 0. The molecule has 0 aromatic heterocycles. The topological polar surface area (TPSA) is 26.0 Å². The summed E-state index contributed by atoms with van der Waals surface area (Å²) in [7, 11) is 0. The SMILES string of the molecule is CCCCC1(C)CCCC(N)C1. The van der Waals surface area contributed by atoms with Gasteiger partial charge in [-0.25, -0.2) is 0 Å². The molecule has 0 amide bonds. The lowest BCUT2D eigenvalue weighted by Gasteiger charge is -2.36. The van der Waals surface area contributed by atoms with Crippen LogP contribution in [0.4, 0.5) is 0 Å². The van der Waals surface area contributed by atoms with Gasteiger partial charge in [-0.05, 0) is 31.1 Å². The van der Waals surface area contributed by atoms with Crippen molar-refractivity contribution in [2.75, 3.05) is 0 Å². The number of hydrogen-bond donors (Lipinski definition) is 1. The van der Waals surface area contributed by atoms with Crippen LogP contribution in [0.3, 0.4) is 0 Å². The molecule has 0 aromatic rings. The average Bonchev–Trinajstić information content (AvgIpc) is 2.01. The first-order valence-electron chi connectivity index (χ1n) is 5.42. The average molecular weight is 169 g/mol. The Morgan fingerprint density at radius 2 is 2.25 bits per heavy atom. The molecule has 72 valence electrons. The molecule has 0 radical (unpaired) electrons. The quantitative estimate of drug-likeness (QED) is 0.690. The van der Waals surface area contributed by atoms with Gasteiger partial charge in [0.2, 0.25) is 0 Å². The Balaban J connectivity index is 2.35. The van der Waals surface area contributed by atoms with Crippen LogP contribution in [-0.4, -0.2) is 6.04 Å². The summed E-state index contributed by atoms with van der Waals surface area (Å²) in [5, 5.41) is 0. The van der Waals surface area contributed by atoms with Gasteiger partial charge >= 0.3 is 0 Å². The van der Waals surface area contributed by atoms with Crippen molar-refractivity contribution in [1.82, 2.24) is 0 Å². The highest BCUT2D eigenvalue weighted by atomic mass is 14.6. The lowest BCUT2D eigenvalue weighted by atomic mass is 9.71. The molecule has 2 atom stereocenters. The zero-order chi connectivity index (χ0) is 9.03. The Morgan fingerprint density at radius 3 is 2.83 bits per heavy atom. The van der Waals surface area contributed by atoms with Crippen molar-refractivity contribution in [1.29, 1.82) is 0 Å². The molecule has 2 unspecified atom stereocenters. The fourth-order valence-electron chi connectivity index (χ4n) is 2.46. The second-order valence-electron chi connectivity index (χ2n) is 4.77. The van der Waals surface area contributed by atoms with Crippen molar-refractivity contribution in [3.8, 4) is 0 Å². The minimum Gasteiger partial charge on any atom is -0.328 e. The maximum Gasteiger partial charge on any atom is 0.00440 e. The highest BCUT2D eigenvalue weighted by Crippen LogP contribution is 2.39. The standard InChI is InChI=1S/C11H23N/c1-3-4-7-11(2)8-5-6-10(12)9-11/h10H,3-9,12H2,1-2H3. The second-order valence-corrected chi connectivity index (χ2v) is 4.77. The molecular formula is C11H23N. The van der Waals surface area contributed by atoms with Crippen molar-refractivity contribution in [3.63, 3.8) is 0 Å². The fourth-order valence-corrected chi connectivity index (χ4v) is 2.46. The summed E-state index contributed by atoms with van der Waals surface area (Å²) in [6, 6.07) is 0.487. The first-order valence-corrected chi connectivity index (χ1v) is 5.42. The molecule has 1 nitrogen and oxygen atoms in total. The Kier molecular flexibility index (Phi) is 3.57. The molecule has 0 aliphatic heterocycles. The Hall–Kier alpha value is -0.0400. The van der Waals surface area contributed by atoms with Crippen molar-refractivity contribution in [3.05, 3.63) is 0 Å². The maximum atomic E-state index is 5.98. The normalized spacial score (nSPS) is 36.8. The minimum absolute atomic E-state index is 0.487. The van der Waals surface area contributed by atoms with Gasteiger partial charge in [-0.15, -0.1) is 0 Å². The van der Waals surface area contributed by atoms with Crippen LogP contribution in [0.5, 0.6) is 0 Å². The molecule has 1 saturated carbocycles. The van der Waals surface area contributed by atoms with Gasteiger partial charge in [-0.1, -0.05) is 33.1 Å². The van der Waals surface area contributed by atoms with E-state index in [0.717, 1.165) is 0 Å². The molecule has 1 rings (SSSR count). The lowest BCUT2D eigenvalue weighted by molar-refractivity contribution is 0.176. The Morgan fingerprint density at radius 1 is 1.50 bits per heavy atom. The second kappa shape index (κ2) is 4.27. The molecule has 0 heterocycles. The minimum atomic E-state index is 0.487. The smallest absolute Gasteiger partial charge is 0.00440 e. The number of nitrogens with two attached hydrogens (primary N) is 1. The molecule has 0 bridgehead atoms. The number of unbranched alkanes of at least 4 members (excludes halogenated alkanes) is 1. The van der Waals surface area contributed by atoms with Gasteiger partial charge in [0.1, 0.15) is 0 Å². The van der Waals surface area contributed by atoms with E-state index in [0.29, 0.717) is 11.5 Å². The van der Waals surface area contributed by atoms with E-state index in [1.807, 2.05) is 0 Å². The van der Waals surface area contributed by atoms with Crippen LogP contribution >= 0.6 is 0 Å². The van der Waals surface area contributed by atoms with Crippen LogP contribution < -0.4 is 5.73 Å². The number of hydrogen-bond acceptors (Lipinski definition) is 1. The van der Waals surface area contributed by atoms with Gasteiger partial charge < -0.3 is 5.73 Å². The predicted octanol–water partition coefficient (Wildman–Crippen LogP) is 3.08. The Bertz CT molecular complexity index is 133. The maximum absolute atomic E-state index is 5.98. The van der Waals surface area contributed by atoms with E-state index in [1.165, 1.54) is 44.9 Å². The summed E-state index contributed by atoms with van der Waals surface area (Å²) in [5.74, 6) is 0. The molecule has 2 N–H and O–H groups in total. The number of rotatable bonds is 3. The van der Waals surface area contributed by atoms with Gasteiger partial charge in [0, 0.05) is 6.04 Å². The van der Waals surface area contributed by atoms with Crippen LogP contribution in [0.1, 0.15) is 58.8 Å². The third-order valence-corrected chi connectivity index (χ3v) is 3.24. The van der Waals surface area contributed by atoms with Crippen molar-refractivity contribution >= 4 is 0 Å². The molecule has 0 aromatic carbocycles. The lowest BCUT2D eigenvalue weighted by Crippen LogP contribution is -2.34. The van der Waals surface area contributed by atoms with E-state index in [2.05, 4.69) is 13.8 Å². The third-order valence-electron chi connectivity index (χ3n) is 3.24. The summed E-state index contributed by atoms with van der Waals surface area (Å²) in [6.45, 7) is 4.69. The predicted molar refractivity (Wildman–Crippen MR) is 54.1 cm³/mol. The fraction of sp³-hybridized carbons (Fsp3) is 1.00. The van der Waals surface area contributed by atoms with Gasteiger partial charge in [0.25, 0.3) is 0 Å². The van der Waals surface area contributed by atoms with Crippen molar-refractivity contribution in [2.24, 2.45) is 11.1 Å². The molecule has 12 heavy (non-hydrogen) atoms. The molecule has 0 spiro atoms. The van der Waals surface area contributed by atoms with E-state index in [-0.39, 0.29) is 0 Å². The van der Waals surface area contributed by atoms with E-state index in [9.17, 15) is 0 Å². The van der Waals surface area contributed by atoms with Crippen molar-refractivity contribution < 1.29 is 0 Å². The van der Waals surface area contributed by atoms with E-state index in [1.54, 1.807) is 0 Å². The van der Waals surface area contributed by atoms with Crippen LogP contribution in [0, 0.1) is 5.41 Å². The monoisotopic (exact) mass is 169 g/mol. The molecule has 1 aliphatic carbocycles. The first kappa shape index (κ1) is 10.0. The zero-order valence-electron chi connectivity index (χ0n) is 8.60. The van der Waals surface area contributed by atoms with E-state index >= 15 is 0 Å². The van der Waals surface area contributed by atoms with E-state index in [4.69, 9.17) is 5.73 Å². The molecule has 1 aliphatic rings. The molecule has 1 heteroatoms. The summed E-state index contributed by atoms with van der Waals surface area (Å²) in [5.41, 5.74) is 6.56. The van der Waals surface area contributed by atoms with Crippen molar-refractivity contribution in [2.45, 2.75) is 64.8 Å². The van der Waals surface area contributed by atoms with Gasteiger partial charge in [0.15, 0.2) is 0 Å². The molecule has 1 fully saturated rings. The first-order chi connectivity index (χ1) is 5.66. The largest absolute Gasteiger partial charge is 0.328 e. The van der Waals surface area contributed by atoms with Crippen LogP contribution in [0.2, 0.25) is 0 Å². The van der Waals surface area contributed by atoms with Crippen LogP contribution in [0.15, 0.2) is 0 Å².